The van der Waals surface area contributed by atoms with Gasteiger partial charge in [0.05, 0.1) is 25.0 Å². The first-order chi connectivity index (χ1) is 11.7. The standard InChI is InChI=1S/C19H22N2O2S/c1-14-11-12-21(16-8-4-6-10-18(16)24-14)19(22)13-20-15-7-3-5-9-17(15)23-2/h3-10,14,20H,11-13H2,1-2H3/t14-/m1/s1. The maximum atomic E-state index is 12.8. The van der Waals surface area contributed by atoms with Crippen molar-refractivity contribution in [3.8, 4) is 5.75 Å². The number of anilines is 2. The average Bonchev–Trinajstić information content (AvgIpc) is 2.78. The largest absolute Gasteiger partial charge is 0.495 e. The van der Waals surface area contributed by atoms with E-state index in [0.29, 0.717) is 5.25 Å². The number of nitrogens with one attached hydrogen (secondary N) is 1. The molecule has 1 amide bonds. The number of methoxy groups -OCH3 is 1. The van der Waals surface area contributed by atoms with Gasteiger partial charge in [0.25, 0.3) is 0 Å². The second kappa shape index (κ2) is 7.62. The lowest BCUT2D eigenvalue weighted by atomic mass is 10.2. The van der Waals surface area contributed by atoms with E-state index in [4.69, 9.17) is 4.74 Å². The number of hydrogen-bond donors (Lipinski definition) is 1. The van der Waals surface area contributed by atoms with E-state index in [0.717, 1.165) is 30.1 Å². The Morgan fingerprint density at radius 2 is 2.00 bits per heavy atom. The van der Waals surface area contributed by atoms with E-state index in [1.165, 1.54) is 4.90 Å². The van der Waals surface area contributed by atoms with Gasteiger partial charge in [-0.1, -0.05) is 31.2 Å². The van der Waals surface area contributed by atoms with Gasteiger partial charge < -0.3 is 15.0 Å². The van der Waals surface area contributed by atoms with Gasteiger partial charge in [-0.3, -0.25) is 4.79 Å². The van der Waals surface area contributed by atoms with Crippen LogP contribution in [0, 0.1) is 0 Å². The Balaban J connectivity index is 1.75. The number of fused-ring (bicyclic) bond motifs is 1. The van der Waals surface area contributed by atoms with E-state index >= 15 is 0 Å². The molecule has 1 aliphatic rings. The highest BCUT2D eigenvalue weighted by atomic mass is 32.2. The quantitative estimate of drug-likeness (QED) is 0.911. The maximum absolute atomic E-state index is 12.8. The number of benzene rings is 2. The third kappa shape index (κ3) is 3.67. The first-order valence-electron chi connectivity index (χ1n) is 8.12. The molecule has 0 unspecified atom stereocenters. The number of rotatable bonds is 4. The van der Waals surface area contributed by atoms with Crippen molar-refractivity contribution in [3.05, 3.63) is 48.5 Å². The molecule has 5 heteroatoms. The first kappa shape index (κ1) is 16.7. The summed E-state index contributed by atoms with van der Waals surface area (Å²) in [6.07, 6.45) is 0.986. The van der Waals surface area contributed by atoms with Crippen molar-refractivity contribution in [2.24, 2.45) is 0 Å². The Hall–Kier alpha value is -2.14. The molecule has 0 saturated heterocycles. The molecule has 1 aliphatic heterocycles. The van der Waals surface area contributed by atoms with E-state index in [-0.39, 0.29) is 12.5 Å². The van der Waals surface area contributed by atoms with Crippen LogP contribution in [0.3, 0.4) is 0 Å². The predicted octanol–water partition coefficient (Wildman–Crippen LogP) is 4.02. The molecule has 1 atom stereocenters. The van der Waals surface area contributed by atoms with E-state index in [1.807, 2.05) is 59.1 Å². The number of carbonyl (C=O) groups excluding carboxylic acids is 1. The average molecular weight is 342 g/mol. The van der Waals surface area contributed by atoms with Crippen molar-refractivity contribution >= 4 is 29.0 Å². The SMILES string of the molecule is COc1ccccc1NCC(=O)N1CC[C@@H](C)Sc2ccccc21. The molecule has 0 saturated carbocycles. The fourth-order valence-corrected chi connectivity index (χ4v) is 3.92. The molecule has 1 N–H and O–H groups in total. The van der Waals surface area contributed by atoms with Crippen LogP contribution in [0.5, 0.6) is 5.75 Å². The minimum absolute atomic E-state index is 0.0723. The van der Waals surface area contributed by atoms with Crippen molar-refractivity contribution in [2.75, 3.05) is 30.4 Å². The number of amides is 1. The minimum atomic E-state index is 0.0723. The summed E-state index contributed by atoms with van der Waals surface area (Å²) in [6, 6.07) is 15.8. The molecule has 4 nitrogen and oxygen atoms in total. The molecule has 2 aromatic carbocycles. The van der Waals surface area contributed by atoms with Crippen molar-refractivity contribution in [1.82, 2.24) is 0 Å². The Kier molecular flexibility index (Phi) is 5.30. The molecular weight excluding hydrogens is 320 g/mol. The van der Waals surface area contributed by atoms with E-state index in [1.54, 1.807) is 7.11 Å². The molecule has 24 heavy (non-hydrogen) atoms. The summed E-state index contributed by atoms with van der Waals surface area (Å²) in [5.74, 6) is 0.814. The maximum Gasteiger partial charge on any atom is 0.246 e. The molecule has 126 valence electrons. The van der Waals surface area contributed by atoms with Crippen LogP contribution in [0.25, 0.3) is 0 Å². The van der Waals surface area contributed by atoms with Gasteiger partial charge in [0.2, 0.25) is 5.91 Å². The molecule has 0 aromatic heterocycles. The number of para-hydroxylation sites is 3. The highest BCUT2D eigenvalue weighted by Crippen LogP contribution is 2.37. The lowest BCUT2D eigenvalue weighted by molar-refractivity contribution is -0.117. The zero-order chi connectivity index (χ0) is 16.9. The Labute approximate surface area is 147 Å². The van der Waals surface area contributed by atoms with Crippen LogP contribution >= 0.6 is 11.8 Å². The summed E-state index contributed by atoms with van der Waals surface area (Å²) in [4.78, 5) is 15.9. The normalized spacial score (nSPS) is 16.9. The molecule has 0 aliphatic carbocycles. The number of hydrogen-bond acceptors (Lipinski definition) is 4. The van der Waals surface area contributed by atoms with Gasteiger partial charge in [0, 0.05) is 16.7 Å². The van der Waals surface area contributed by atoms with Crippen molar-refractivity contribution < 1.29 is 9.53 Å². The number of ether oxygens (including phenoxy) is 1. The molecule has 0 bridgehead atoms. The van der Waals surface area contributed by atoms with Crippen LogP contribution < -0.4 is 15.0 Å². The second-order valence-corrected chi connectivity index (χ2v) is 7.26. The van der Waals surface area contributed by atoms with Crippen LogP contribution in [0.15, 0.2) is 53.4 Å². The zero-order valence-corrected chi connectivity index (χ0v) is 14.8. The monoisotopic (exact) mass is 342 g/mol. The van der Waals surface area contributed by atoms with Gasteiger partial charge in [-0.25, -0.2) is 0 Å². The van der Waals surface area contributed by atoms with Crippen molar-refractivity contribution in [3.63, 3.8) is 0 Å². The molecule has 1 heterocycles. The summed E-state index contributed by atoms with van der Waals surface area (Å²) in [6.45, 7) is 3.20. The smallest absolute Gasteiger partial charge is 0.246 e. The van der Waals surface area contributed by atoms with Gasteiger partial charge in [0.15, 0.2) is 0 Å². The highest BCUT2D eigenvalue weighted by molar-refractivity contribution is 8.00. The minimum Gasteiger partial charge on any atom is -0.495 e. The first-order valence-corrected chi connectivity index (χ1v) is 9.00. The molecule has 2 aromatic rings. The Morgan fingerprint density at radius 1 is 1.25 bits per heavy atom. The van der Waals surface area contributed by atoms with Crippen molar-refractivity contribution in [2.45, 2.75) is 23.5 Å². The second-order valence-electron chi connectivity index (χ2n) is 5.78. The predicted molar refractivity (Wildman–Crippen MR) is 100 cm³/mol. The fourth-order valence-electron chi connectivity index (χ4n) is 2.80. The Morgan fingerprint density at radius 3 is 2.83 bits per heavy atom. The van der Waals surface area contributed by atoms with Crippen LogP contribution in [0.2, 0.25) is 0 Å². The Bertz CT molecular complexity index is 720. The van der Waals surface area contributed by atoms with Crippen LogP contribution in [0.1, 0.15) is 13.3 Å². The van der Waals surface area contributed by atoms with Crippen LogP contribution in [0.4, 0.5) is 11.4 Å². The number of thioether (sulfide) groups is 1. The summed E-state index contributed by atoms with van der Waals surface area (Å²) >= 11 is 1.84. The highest BCUT2D eigenvalue weighted by Gasteiger charge is 2.23. The summed E-state index contributed by atoms with van der Waals surface area (Å²) in [5.41, 5.74) is 1.85. The van der Waals surface area contributed by atoms with Gasteiger partial charge in [-0.2, -0.15) is 0 Å². The zero-order valence-electron chi connectivity index (χ0n) is 14.0. The third-order valence-corrected chi connectivity index (χ3v) is 5.32. The molecule has 0 fully saturated rings. The molecule has 0 radical (unpaired) electrons. The number of nitrogens with zero attached hydrogens (tertiary/aromatic N) is 1. The van der Waals surface area contributed by atoms with Crippen molar-refractivity contribution in [1.29, 1.82) is 0 Å². The van der Waals surface area contributed by atoms with Crippen LogP contribution in [-0.2, 0) is 4.79 Å². The van der Waals surface area contributed by atoms with Crippen LogP contribution in [-0.4, -0.2) is 31.4 Å². The van der Waals surface area contributed by atoms with Gasteiger partial charge in [0.1, 0.15) is 5.75 Å². The lowest BCUT2D eigenvalue weighted by Gasteiger charge is -2.23. The third-order valence-electron chi connectivity index (χ3n) is 4.08. The van der Waals surface area contributed by atoms with E-state index in [9.17, 15) is 4.79 Å². The molecule has 0 spiro atoms. The molecular formula is C19H22N2O2S. The summed E-state index contributed by atoms with van der Waals surface area (Å²) < 4.78 is 5.32. The summed E-state index contributed by atoms with van der Waals surface area (Å²) in [7, 11) is 1.63. The number of carbonyl (C=O) groups is 1. The lowest BCUT2D eigenvalue weighted by Crippen LogP contribution is -2.36. The van der Waals surface area contributed by atoms with Gasteiger partial charge in [-0.15, -0.1) is 11.8 Å². The summed E-state index contributed by atoms with van der Waals surface area (Å²) in [5, 5.41) is 3.71. The van der Waals surface area contributed by atoms with Gasteiger partial charge >= 0.3 is 0 Å². The fraction of sp³-hybridized carbons (Fsp3) is 0.316. The van der Waals surface area contributed by atoms with E-state index in [2.05, 4.69) is 18.3 Å². The van der Waals surface area contributed by atoms with E-state index < -0.39 is 0 Å². The topological polar surface area (TPSA) is 41.6 Å². The van der Waals surface area contributed by atoms with Gasteiger partial charge in [-0.05, 0) is 30.7 Å². The molecule has 3 rings (SSSR count).